The van der Waals surface area contributed by atoms with Crippen LogP contribution in [0.1, 0.15) is 45.4 Å². The van der Waals surface area contributed by atoms with Gasteiger partial charge in [0.1, 0.15) is 12.1 Å². The molecule has 0 aromatic carbocycles. The summed E-state index contributed by atoms with van der Waals surface area (Å²) < 4.78 is 5.38. The van der Waals surface area contributed by atoms with Crippen molar-refractivity contribution in [2.45, 2.75) is 57.6 Å². The maximum Gasteiger partial charge on any atom is 0.324 e. The van der Waals surface area contributed by atoms with Crippen molar-refractivity contribution in [2.24, 2.45) is 11.7 Å². The molecule has 0 spiro atoms. The summed E-state index contributed by atoms with van der Waals surface area (Å²) in [7, 11) is 0. The quantitative estimate of drug-likeness (QED) is 0.584. The second-order valence-corrected chi connectivity index (χ2v) is 4.51. The number of rotatable bonds is 4. The predicted molar refractivity (Wildman–Crippen MR) is 63.6 cm³/mol. The summed E-state index contributed by atoms with van der Waals surface area (Å²) in [5, 5.41) is 0. The van der Waals surface area contributed by atoms with E-state index in [2.05, 4.69) is 12.8 Å². The first-order chi connectivity index (χ1) is 7.67. The van der Waals surface area contributed by atoms with Crippen molar-refractivity contribution in [1.29, 1.82) is 0 Å². The summed E-state index contributed by atoms with van der Waals surface area (Å²) in [6.45, 7) is 2.18. The first kappa shape index (κ1) is 13.1. The van der Waals surface area contributed by atoms with Gasteiger partial charge in [0, 0.05) is 6.42 Å². The lowest BCUT2D eigenvalue weighted by Crippen LogP contribution is -2.36. The molecule has 1 saturated carbocycles. The maximum atomic E-state index is 11.6. The highest BCUT2D eigenvalue weighted by Gasteiger charge is 2.25. The molecule has 3 atom stereocenters. The molecule has 16 heavy (non-hydrogen) atoms. The first-order valence-electron chi connectivity index (χ1n) is 6.06. The Morgan fingerprint density at radius 1 is 1.62 bits per heavy atom. The van der Waals surface area contributed by atoms with Gasteiger partial charge >= 0.3 is 5.97 Å². The van der Waals surface area contributed by atoms with Crippen LogP contribution in [0.15, 0.2) is 0 Å². The van der Waals surface area contributed by atoms with E-state index in [1.54, 1.807) is 0 Å². The van der Waals surface area contributed by atoms with E-state index in [1.165, 1.54) is 6.42 Å². The van der Waals surface area contributed by atoms with E-state index in [9.17, 15) is 4.79 Å². The maximum absolute atomic E-state index is 11.6. The molecule has 90 valence electrons. The van der Waals surface area contributed by atoms with Gasteiger partial charge in [-0.1, -0.05) is 19.8 Å². The molecule has 1 rings (SSSR count). The molecule has 3 heteroatoms. The largest absolute Gasteiger partial charge is 0.461 e. The molecule has 2 N–H and O–H groups in total. The second-order valence-electron chi connectivity index (χ2n) is 4.51. The Labute approximate surface area is 97.7 Å². The van der Waals surface area contributed by atoms with Gasteiger partial charge in [-0.05, 0) is 25.2 Å². The Morgan fingerprint density at radius 2 is 2.38 bits per heavy atom. The van der Waals surface area contributed by atoms with Crippen molar-refractivity contribution in [2.75, 3.05) is 0 Å². The first-order valence-corrected chi connectivity index (χ1v) is 6.06. The Hall–Kier alpha value is -1.01. The summed E-state index contributed by atoms with van der Waals surface area (Å²) in [5.41, 5.74) is 5.60. The fourth-order valence-electron chi connectivity index (χ4n) is 2.18. The van der Waals surface area contributed by atoms with E-state index in [0.29, 0.717) is 5.92 Å². The fourth-order valence-corrected chi connectivity index (χ4v) is 2.18. The van der Waals surface area contributed by atoms with Crippen LogP contribution >= 0.6 is 0 Å². The minimum absolute atomic E-state index is 0.0509. The molecule has 0 aromatic rings. The third-order valence-electron chi connectivity index (χ3n) is 3.24. The van der Waals surface area contributed by atoms with E-state index in [4.69, 9.17) is 16.9 Å². The zero-order valence-electron chi connectivity index (χ0n) is 9.95. The minimum atomic E-state index is -0.660. The van der Waals surface area contributed by atoms with Gasteiger partial charge in [0.15, 0.2) is 0 Å². The summed E-state index contributed by atoms with van der Waals surface area (Å²) in [4.78, 5) is 11.6. The van der Waals surface area contributed by atoms with Crippen LogP contribution < -0.4 is 5.73 Å². The van der Waals surface area contributed by atoms with Crippen LogP contribution in [0.3, 0.4) is 0 Å². The second kappa shape index (κ2) is 6.55. The van der Waals surface area contributed by atoms with Crippen molar-refractivity contribution >= 4 is 5.97 Å². The molecule has 1 aliphatic carbocycles. The molecule has 0 saturated heterocycles. The Morgan fingerprint density at radius 3 is 3.00 bits per heavy atom. The zero-order chi connectivity index (χ0) is 12.0. The van der Waals surface area contributed by atoms with Gasteiger partial charge < -0.3 is 10.5 Å². The molecule has 0 aromatic heterocycles. The molecule has 0 radical (unpaired) electrons. The molecule has 0 amide bonds. The van der Waals surface area contributed by atoms with Crippen LogP contribution in [0.4, 0.5) is 0 Å². The molecule has 0 aliphatic heterocycles. The van der Waals surface area contributed by atoms with Gasteiger partial charge in [-0.3, -0.25) is 4.79 Å². The molecule has 0 heterocycles. The highest BCUT2D eigenvalue weighted by atomic mass is 16.5. The van der Waals surface area contributed by atoms with Crippen LogP contribution in [0.5, 0.6) is 0 Å². The minimum Gasteiger partial charge on any atom is -0.461 e. The van der Waals surface area contributed by atoms with E-state index in [-0.39, 0.29) is 18.5 Å². The van der Waals surface area contributed by atoms with Crippen molar-refractivity contribution < 1.29 is 9.53 Å². The van der Waals surface area contributed by atoms with E-state index < -0.39 is 6.04 Å². The summed E-state index contributed by atoms with van der Waals surface area (Å²) >= 11 is 0. The highest BCUT2D eigenvalue weighted by Crippen LogP contribution is 2.28. The van der Waals surface area contributed by atoms with Gasteiger partial charge in [-0.15, -0.1) is 12.3 Å². The van der Waals surface area contributed by atoms with Crippen LogP contribution in [0.2, 0.25) is 0 Å². The third kappa shape index (κ3) is 3.86. The summed E-state index contributed by atoms with van der Waals surface area (Å²) in [6, 6.07) is -0.660. The summed E-state index contributed by atoms with van der Waals surface area (Å²) in [6.07, 6.45) is 10.9. The third-order valence-corrected chi connectivity index (χ3v) is 3.24. The van der Waals surface area contributed by atoms with Gasteiger partial charge in [-0.25, -0.2) is 0 Å². The number of terminal acetylenes is 1. The average molecular weight is 223 g/mol. The van der Waals surface area contributed by atoms with Crippen LogP contribution in [-0.2, 0) is 9.53 Å². The van der Waals surface area contributed by atoms with Crippen LogP contribution in [-0.4, -0.2) is 18.1 Å². The number of ether oxygens (including phenoxy) is 1. The van der Waals surface area contributed by atoms with Crippen LogP contribution in [0, 0.1) is 18.3 Å². The number of hydrogen-bond acceptors (Lipinski definition) is 3. The average Bonchev–Trinajstić information content (AvgIpc) is 2.29. The topological polar surface area (TPSA) is 52.3 Å². The summed E-state index contributed by atoms with van der Waals surface area (Å²) in [5.74, 6) is 2.72. The number of carbonyl (C=O) groups is 1. The SMILES string of the molecule is C#CCC(N)C(=O)OC1CCCC(CC)C1. The number of hydrogen-bond donors (Lipinski definition) is 1. The van der Waals surface area contributed by atoms with Crippen molar-refractivity contribution in [3.05, 3.63) is 0 Å². The molecule has 3 nitrogen and oxygen atoms in total. The molecular formula is C13H21NO2. The molecule has 1 fully saturated rings. The van der Waals surface area contributed by atoms with E-state index in [0.717, 1.165) is 25.7 Å². The van der Waals surface area contributed by atoms with Crippen molar-refractivity contribution in [3.8, 4) is 12.3 Å². The van der Waals surface area contributed by atoms with Crippen LogP contribution in [0.25, 0.3) is 0 Å². The number of nitrogens with two attached hydrogens (primary N) is 1. The number of carbonyl (C=O) groups excluding carboxylic acids is 1. The zero-order valence-corrected chi connectivity index (χ0v) is 9.95. The lowest BCUT2D eigenvalue weighted by Gasteiger charge is -2.28. The van der Waals surface area contributed by atoms with Gasteiger partial charge in [0.05, 0.1) is 0 Å². The van der Waals surface area contributed by atoms with Crippen molar-refractivity contribution in [3.63, 3.8) is 0 Å². The van der Waals surface area contributed by atoms with E-state index >= 15 is 0 Å². The standard InChI is InChI=1S/C13H21NO2/c1-3-6-12(14)13(15)16-11-8-5-7-10(4-2)9-11/h1,10-12H,4-9,14H2,2H3. The smallest absolute Gasteiger partial charge is 0.324 e. The molecule has 1 aliphatic rings. The predicted octanol–water partition coefficient (Wildman–Crippen LogP) is 1.85. The molecule has 3 unspecified atom stereocenters. The highest BCUT2D eigenvalue weighted by molar-refractivity contribution is 5.76. The van der Waals surface area contributed by atoms with Gasteiger partial charge in [0.25, 0.3) is 0 Å². The van der Waals surface area contributed by atoms with Gasteiger partial charge in [0.2, 0.25) is 0 Å². The Balaban J connectivity index is 2.36. The fraction of sp³-hybridized carbons (Fsp3) is 0.769. The van der Waals surface area contributed by atoms with Crippen molar-refractivity contribution in [1.82, 2.24) is 0 Å². The molecule has 0 bridgehead atoms. The monoisotopic (exact) mass is 223 g/mol. The lowest BCUT2D eigenvalue weighted by atomic mass is 9.85. The molecular weight excluding hydrogens is 202 g/mol. The van der Waals surface area contributed by atoms with Gasteiger partial charge in [-0.2, -0.15) is 0 Å². The normalized spacial score (nSPS) is 26.8. The number of esters is 1. The van der Waals surface area contributed by atoms with E-state index in [1.807, 2.05) is 0 Å². The Kier molecular flexibility index (Phi) is 5.34. The lowest BCUT2D eigenvalue weighted by molar-refractivity contribution is -0.152. The Bertz CT molecular complexity index is 270.